The van der Waals surface area contributed by atoms with Crippen LogP contribution in [0.5, 0.6) is 0 Å². The van der Waals surface area contributed by atoms with E-state index in [9.17, 15) is 14.4 Å². The van der Waals surface area contributed by atoms with E-state index in [2.05, 4.69) is 13.8 Å². The SMILES string of the molecule is CCOC(=O)Cn1c(C)cc(-c2ccccc2C(C)C)c(C(C)=O)c1=O. The largest absolute Gasteiger partial charge is 0.465 e. The van der Waals surface area contributed by atoms with Crippen LogP contribution in [0.1, 0.15) is 55.2 Å². The van der Waals surface area contributed by atoms with Crippen molar-refractivity contribution in [2.75, 3.05) is 6.61 Å². The average Bonchev–Trinajstić information content (AvgIpc) is 2.57. The third-order valence-corrected chi connectivity index (χ3v) is 4.32. The van der Waals surface area contributed by atoms with Crippen LogP contribution >= 0.6 is 0 Å². The van der Waals surface area contributed by atoms with Crippen LogP contribution in [0.15, 0.2) is 35.1 Å². The summed E-state index contributed by atoms with van der Waals surface area (Å²) in [6.07, 6.45) is 0. The molecule has 1 heterocycles. The number of esters is 1. The first kappa shape index (κ1) is 19.6. The van der Waals surface area contributed by atoms with Crippen LogP contribution in [0.3, 0.4) is 0 Å². The molecule has 0 atom stereocenters. The van der Waals surface area contributed by atoms with Gasteiger partial charge in [0, 0.05) is 11.3 Å². The number of pyridine rings is 1. The number of hydrogen-bond donors (Lipinski definition) is 0. The number of Topliss-reactive ketones (excluding diaryl/α,β-unsaturated/α-hetero) is 1. The van der Waals surface area contributed by atoms with Crippen molar-refractivity contribution in [1.82, 2.24) is 4.57 Å². The first-order chi connectivity index (χ1) is 12.3. The van der Waals surface area contributed by atoms with Crippen molar-refractivity contribution >= 4 is 11.8 Å². The van der Waals surface area contributed by atoms with E-state index in [4.69, 9.17) is 4.74 Å². The molecule has 0 aliphatic carbocycles. The molecule has 1 aromatic carbocycles. The van der Waals surface area contributed by atoms with Crippen LogP contribution in [0.2, 0.25) is 0 Å². The molecule has 0 saturated carbocycles. The van der Waals surface area contributed by atoms with E-state index in [1.165, 1.54) is 11.5 Å². The molecule has 0 aliphatic heterocycles. The highest BCUT2D eigenvalue weighted by atomic mass is 16.5. The van der Waals surface area contributed by atoms with E-state index in [0.717, 1.165) is 11.1 Å². The fourth-order valence-corrected chi connectivity index (χ4v) is 3.10. The maximum Gasteiger partial charge on any atom is 0.326 e. The van der Waals surface area contributed by atoms with Crippen LogP contribution in [0.4, 0.5) is 0 Å². The normalized spacial score (nSPS) is 10.8. The molecule has 0 amide bonds. The van der Waals surface area contributed by atoms with Crippen molar-refractivity contribution in [1.29, 1.82) is 0 Å². The van der Waals surface area contributed by atoms with E-state index in [-0.39, 0.29) is 30.4 Å². The summed E-state index contributed by atoms with van der Waals surface area (Å²) < 4.78 is 6.24. The molecule has 5 heteroatoms. The summed E-state index contributed by atoms with van der Waals surface area (Å²) in [5.74, 6) is -0.572. The van der Waals surface area contributed by atoms with Crippen molar-refractivity contribution in [2.45, 2.75) is 47.1 Å². The molecule has 138 valence electrons. The molecule has 0 fully saturated rings. The number of carbonyl (C=O) groups is 2. The lowest BCUT2D eigenvalue weighted by Crippen LogP contribution is -2.31. The maximum atomic E-state index is 13.0. The molecule has 0 saturated heterocycles. The average molecular weight is 355 g/mol. The summed E-state index contributed by atoms with van der Waals surface area (Å²) in [5.41, 5.74) is 2.81. The molecule has 0 spiro atoms. The second-order valence-electron chi connectivity index (χ2n) is 6.57. The van der Waals surface area contributed by atoms with Crippen molar-refractivity contribution in [2.24, 2.45) is 0 Å². The number of carbonyl (C=O) groups excluding carboxylic acids is 2. The summed E-state index contributed by atoms with van der Waals surface area (Å²) >= 11 is 0. The summed E-state index contributed by atoms with van der Waals surface area (Å²) in [6.45, 7) is 9.02. The Morgan fingerprint density at radius 2 is 1.81 bits per heavy atom. The van der Waals surface area contributed by atoms with Gasteiger partial charge in [0.05, 0.1) is 12.2 Å². The summed E-state index contributed by atoms with van der Waals surface area (Å²) in [7, 11) is 0. The number of rotatable bonds is 6. The van der Waals surface area contributed by atoms with Gasteiger partial charge in [-0.1, -0.05) is 38.1 Å². The highest BCUT2D eigenvalue weighted by molar-refractivity contribution is 6.01. The van der Waals surface area contributed by atoms with E-state index in [0.29, 0.717) is 11.3 Å². The van der Waals surface area contributed by atoms with Gasteiger partial charge >= 0.3 is 5.97 Å². The molecule has 26 heavy (non-hydrogen) atoms. The fraction of sp³-hybridized carbons (Fsp3) is 0.381. The molecule has 0 aliphatic rings. The Morgan fingerprint density at radius 1 is 1.15 bits per heavy atom. The van der Waals surface area contributed by atoms with Crippen molar-refractivity contribution < 1.29 is 14.3 Å². The van der Waals surface area contributed by atoms with Gasteiger partial charge in [-0.25, -0.2) is 0 Å². The van der Waals surface area contributed by atoms with Gasteiger partial charge in [0.1, 0.15) is 6.54 Å². The first-order valence-electron chi connectivity index (χ1n) is 8.78. The van der Waals surface area contributed by atoms with Crippen LogP contribution in [-0.4, -0.2) is 22.9 Å². The van der Waals surface area contributed by atoms with E-state index >= 15 is 0 Å². The molecule has 1 aromatic heterocycles. The minimum atomic E-state index is -0.498. The van der Waals surface area contributed by atoms with Gasteiger partial charge in [0.25, 0.3) is 5.56 Å². The van der Waals surface area contributed by atoms with Gasteiger partial charge in [0.15, 0.2) is 5.78 Å². The summed E-state index contributed by atoms with van der Waals surface area (Å²) in [4.78, 5) is 37.1. The van der Waals surface area contributed by atoms with Gasteiger partial charge < -0.3 is 9.30 Å². The lowest BCUT2D eigenvalue weighted by atomic mass is 9.89. The monoisotopic (exact) mass is 355 g/mol. The summed E-state index contributed by atoms with van der Waals surface area (Å²) in [6, 6.07) is 9.57. The summed E-state index contributed by atoms with van der Waals surface area (Å²) in [5, 5.41) is 0. The topological polar surface area (TPSA) is 65.4 Å². The van der Waals surface area contributed by atoms with Gasteiger partial charge in [-0.05, 0) is 43.9 Å². The number of aromatic nitrogens is 1. The molecular formula is C21H25NO4. The molecule has 0 unspecified atom stereocenters. The fourth-order valence-electron chi connectivity index (χ4n) is 3.10. The van der Waals surface area contributed by atoms with Gasteiger partial charge in [-0.2, -0.15) is 0 Å². The highest BCUT2D eigenvalue weighted by Crippen LogP contribution is 2.31. The molecule has 5 nitrogen and oxygen atoms in total. The second-order valence-corrected chi connectivity index (χ2v) is 6.57. The predicted molar refractivity (Wildman–Crippen MR) is 102 cm³/mol. The van der Waals surface area contributed by atoms with Crippen LogP contribution in [-0.2, 0) is 16.1 Å². The second kappa shape index (κ2) is 8.13. The Hall–Kier alpha value is -2.69. The van der Waals surface area contributed by atoms with Crippen LogP contribution < -0.4 is 5.56 Å². The van der Waals surface area contributed by atoms with Crippen LogP contribution in [0.25, 0.3) is 11.1 Å². The third-order valence-electron chi connectivity index (χ3n) is 4.32. The van der Waals surface area contributed by atoms with Gasteiger partial charge in [0.2, 0.25) is 0 Å². The number of benzene rings is 1. The van der Waals surface area contributed by atoms with Crippen LogP contribution in [0, 0.1) is 6.92 Å². The zero-order valence-corrected chi connectivity index (χ0v) is 16.0. The molecule has 0 N–H and O–H groups in total. The Balaban J connectivity index is 2.72. The first-order valence-corrected chi connectivity index (χ1v) is 8.78. The Morgan fingerprint density at radius 3 is 2.38 bits per heavy atom. The Kier molecular flexibility index (Phi) is 6.14. The lowest BCUT2D eigenvalue weighted by Gasteiger charge is -2.18. The minimum absolute atomic E-state index is 0.105. The number of ketones is 1. The van der Waals surface area contributed by atoms with Crippen molar-refractivity contribution in [3.05, 3.63) is 57.5 Å². The Bertz CT molecular complexity index is 893. The highest BCUT2D eigenvalue weighted by Gasteiger charge is 2.21. The lowest BCUT2D eigenvalue weighted by molar-refractivity contribution is -0.143. The van der Waals surface area contributed by atoms with E-state index in [1.807, 2.05) is 24.3 Å². The Labute approximate surface area is 153 Å². The minimum Gasteiger partial charge on any atom is -0.465 e. The van der Waals surface area contributed by atoms with E-state index in [1.54, 1.807) is 19.9 Å². The quantitative estimate of drug-likeness (QED) is 0.585. The molecular weight excluding hydrogens is 330 g/mol. The number of hydrogen-bond acceptors (Lipinski definition) is 4. The smallest absolute Gasteiger partial charge is 0.326 e. The predicted octanol–water partition coefficient (Wildman–Crippen LogP) is 3.71. The maximum absolute atomic E-state index is 13.0. The number of aryl methyl sites for hydroxylation is 1. The van der Waals surface area contributed by atoms with Gasteiger partial charge in [-0.15, -0.1) is 0 Å². The van der Waals surface area contributed by atoms with Crippen molar-refractivity contribution in [3.8, 4) is 11.1 Å². The molecule has 0 radical (unpaired) electrons. The number of nitrogens with zero attached hydrogens (tertiary/aromatic N) is 1. The zero-order valence-electron chi connectivity index (χ0n) is 16.0. The number of ether oxygens (including phenoxy) is 1. The molecule has 2 aromatic rings. The zero-order chi connectivity index (χ0) is 19.4. The van der Waals surface area contributed by atoms with E-state index < -0.39 is 11.5 Å². The molecule has 0 bridgehead atoms. The third kappa shape index (κ3) is 3.93. The molecule has 2 rings (SSSR count). The van der Waals surface area contributed by atoms with Crippen molar-refractivity contribution in [3.63, 3.8) is 0 Å². The standard InChI is InChI=1S/C21H25NO4/c1-6-26-19(24)12-22-14(4)11-18(20(15(5)23)21(22)25)17-10-8-7-9-16(17)13(2)3/h7-11,13H,6,12H2,1-5H3. The van der Waals surface area contributed by atoms with Gasteiger partial charge in [-0.3, -0.25) is 14.4 Å².